The van der Waals surface area contributed by atoms with Crippen molar-refractivity contribution >= 4 is 11.6 Å². The van der Waals surface area contributed by atoms with Gasteiger partial charge in [0.05, 0.1) is 25.6 Å². The number of benzene rings is 2. The molecule has 2 aromatic heterocycles. The number of methoxy groups -OCH3 is 2. The van der Waals surface area contributed by atoms with Gasteiger partial charge in [-0.1, -0.05) is 11.3 Å². The van der Waals surface area contributed by atoms with E-state index in [1.165, 1.54) is 12.7 Å². The van der Waals surface area contributed by atoms with Crippen LogP contribution in [0.5, 0.6) is 11.5 Å². The van der Waals surface area contributed by atoms with Crippen LogP contribution in [-0.4, -0.2) is 40.1 Å². The van der Waals surface area contributed by atoms with Crippen molar-refractivity contribution in [3.8, 4) is 28.4 Å². The van der Waals surface area contributed by atoms with E-state index in [2.05, 4.69) is 20.6 Å². The Bertz CT molecular complexity index is 1270. The minimum absolute atomic E-state index is 0.168. The Morgan fingerprint density at radius 1 is 1.00 bits per heavy atom. The second-order valence-corrected chi connectivity index (χ2v) is 7.23. The molecule has 0 aliphatic heterocycles. The summed E-state index contributed by atoms with van der Waals surface area (Å²) in [6.45, 7) is 4.07. The van der Waals surface area contributed by atoms with E-state index in [1.54, 1.807) is 48.5 Å². The van der Waals surface area contributed by atoms with Gasteiger partial charge in [-0.05, 0) is 61.4 Å². The summed E-state index contributed by atoms with van der Waals surface area (Å²) in [5.74, 6) is 0.668. The Kier molecular flexibility index (Phi) is 5.85. The molecule has 0 unspecified atom stereocenters. The molecule has 4 rings (SSSR count). The molecule has 0 saturated heterocycles. The summed E-state index contributed by atoms with van der Waals surface area (Å²) < 4.78 is 12.3. The van der Waals surface area contributed by atoms with Crippen LogP contribution in [0.1, 0.15) is 21.6 Å². The van der Waals surface area contributed by atoms with Crippen molar-refractivity contribution in [3.63, 3.8) is 0 Å². The molecule has 8 nitrogen and oxygen atoms in total. The molecule has 1 amide bonds. The highest BCUT2D eigenvalue weighted by molar-refractivity contribution is 6.07. The van der Waals surface area contributed by atoms with E-state index >= 15 is 0 Å². The van der Waals surface area contributed by atoms with Crippen molar-refractivity contribution in [1.29, 1.82) is 0 Å². The van der Waals surface area contributed by atoms with Gasteiger partial charge >= 0.3 is 0 Å². The van der Waals surface area contributed by atoms with Gasteiger partial charge in [0.25, 0.3) is 5.91 Å². The summed E-state index contributed by atoms with van der Waals surface area (Å²) in [6, 6.07) is 14.8. The second kappa shape index (κ2) is 8.89. The lowest BCUT2D eigenvalue weighted by atomic mass is 10.1. The maximum Gasteiger partial charge on any atom is 0.278 e. The van der Waals surface area contributed by atoms with E-state index in [4.69, 9.17) is 9.47 Å². The van der Waals surface area contributed by atoms with E-state index in [-0.39, 0.29) is 5.69 Å². The third-order valence-electron chi connectivity index (χ3n) is 5.21. The molecule has 0 aliphatic rings. The van der Waals surface area contributed by atoms with Crippen LogP contribution < -0.4 is 14.8 Å². The van der Waals surface area contributed by atoms with Gasteiger partial charge in [-0.25, -0.2) is 4.68 Å². The highest BCUT2D eigenvalue weighted by Gasteiger charge is 2.23. The summed E-state index contributed by atoms with van der Waals surface area (Å²) in [6.07, 6.45) is 3.35. The zero-order chi connectivity index (χ0) is 22.7. The highest BCUT2D eigenvalue weighted by atomic mass is 16.5. The summed E-state index contributed by atoms with van der Waals surface area (Å²) >= 11 is 0. The monoisotopic (exact) mass is 429 g/mol. The number of anilines is 1. The molecule has 8 heteroatoms. The maximum atomic E-state index is 13.3. The molecule has 0 radical (unpaired) electrons. The summed E-state index contributed by atoms with van der Waals surface area (Å²) in [4.78, 5) is 17.5. The zero-order valence-corrected chi connectivity index (χ0v) is 18.3. The zero-order valence-electron chi connectivity index (χ0n) is 18.3. The summed E-state index contributed by atoms with van der Waals surface area (Å²) in [5.41, 5.74) is 4.98. The van der Waals surface area contributed by atoms with Gasteiger partial charge in [-0.15, -0.1) is 5.10 Å². The standard InChI is InChI=1S/C24H23N5O3/c1-15-7-8-18(12-16(15)2)29-23(17-6-5-11-25-14-17)22(27-28-29)24(30)26-20-13-19(31-3)9-10-21(20)32-4/h5-14H,1-4H3,(H,26,30). The van der Waals surface area contributed by atoms with Crippen molar-refractivity contribution in [2.75, 3.05) is 19.5 Å². The van der Waals surface area contributed by atoms with Gasteiger partial charge in [0.2, 0.25) is 0 Å². The topological polar surface area (TPSA) is 91.2 Å². The number of carbonyl (C=O) groups is 1. The molecule has 4 aromatic rings. The molecule has 2 aromatic carbocycles. The first-order valence-corrected chi connectivity index (χ1v) is 9.99. The Balaban J connectivity index is 1.80. The number of nitrogens with one attached hydrogen (secondary N) is 1. The SMILES string of the molecule is COc1ccc(OC)c(NC(=O)c2nnn(-c3ccc(C)c(C)c3)c2-c2cccnc2)c1. The normalized spacial score (nSPS) is 10.6. The molecule has 0 bridgehead atoms. The van der Waals surface area contributed by atoms with Crippen LogP contribution in [0.4, 0.5) is 5.69 Å². The minimum Gasteiger partial charge on any atom is -0.497 e. The third kappa shape index (κ3) is 4.02. The first-order chi connectivity index (χ1) is 15.5. The van der Waals surface area contributed by atoms with Crippen molar-refractivity contribution in [1.82, 2.24) is 20.0 Å². The van der Waals surface area contributed by atoms with Gasteiger partial charge in [0, 0.05) is 24.0 Å². The Hall–Kier alpha value is -4.20. The van der Waals surface area contributed by atoms with Gasteiger partial charge in [-0.2, -0.15) is 0 Å². The van der Waals surface area contributed by atoms with E-state index < -0.39 is 5.91 Å². The number of aromatic nitrogens is 4. The molecule has 2 heterocycles. The predicted octanol–water partition coefficient (Wildman–Crippen LogP) is 4.22. The van der Waals surface area contributed by atoms with Crippen molar-refractivity contribution < 1.29 is 14.3 Å². The van der Waals surface area contributed by atoms with Crippen LogP contribution in [-0.2, 0) is 0 Å². The molecule has 0 saturated carbocycles. The summed E-state index contributed by atoms with van der Waals surface area (Å²) in [5, 5.41) is 11.4. The lowest BCUT2D eigenvalue weighted by Gasteiger charge is -2.12. The number of ether oxygens (including phenoxy) is 2. The Morgan fingerprint density at radius 3 is 2.53 bits per heavy atom. The fraction of sp³-hybridized carbons (Fsp3) is 0.167. The molecule has 0 aliphatic carbocycles. The van der Waals surface area contributed by atoms with Crippen molar-refractivity contribution in [2.24, 2.45) is 0 Å². The quantitative estimate of drug-likeness (QED) is 0.494. The lowest BCUT2D eigenvalue weighted by molar-refractivity contribution is 0.102. The minimum atomic E-state index is -0.425. The largest absolute Gasteiger partial charge is 0.497 e. The van der Waals surface area contributed by atoms with E-state index in [1.807, 2.05) is 38.1 Å². The van der Waals surface area contributed by atoms with Gasteiger partial charge in [-0.3, -0.25) is 9.78 Å². The summed E-state index contributed by atoms with van der Waals surface area (Å²) in [7, 11) is 3.09. The molecule has 0 spiro atoms. The number of rotatable bonds is 6. The second-order valence-electron chi connectivity index (χ2n) is 7.23. The van der Waals surface area contributed by atoms with Gasteiger partial charge < -0.3 is 14.8 Å². The van der Waals surface area contributed by atoms with Crippen LogP contribution in [0.15, 0.2) is 60.9 Å². The van der Waals surface area contributed by atoms with Crippen LogP contribution in [0, 0.1) is 13.8 Å². The van der Waals surface area contributed by atoms with Crippen LogP contribution in [0.3, 0.4) is 0 Å². The number of hydrogen-bond acceptors (Lipinski definition) is 6. The molecule has 162 valence electrons. The molecule has 32 heavy (non-hydrogen) atoms. The van der Waals surface area contributed by atoms with E-state index in [0.717, 1.165) is 16.8 Å². The first kappa shape index (κ1) is 21.0. The number of pyridine rings is 1. The Morgan fingerprint density at radius 2 is 1.84 bits per heavy atom. The van der Waals surface area contributed by atoms with Crippen LogP contribution >= 0.6 is 0 Å². The smallest absolute Gasteiger partial charge is 0.278 e. The third-order valence-corrected chi connectivity index (χ3v) is 5.21. The maximum absolute atomic E-state index is 13.3. The number of carbonyl (C=O) groups excluding carboxylic acids is 1. The lowest BCUT2D eigenvalue weighted by Crippen LogP contribution is -2.15. The van der Waals surface area contributed by atoms with Gasteiger partial charge in [0.15, 0.2) is 5.69 Å². The average Bonchev–Trinajstić information content (AvgIpc) is 3.26. The predicted molar refractivity (Wildman–Crippen MR) is 122 cm³/mol. The average molecular weight is 429 g/mol. The first-order valence-electron chi connectivity index (χ1n) is 9.99. The molecule has 0 fully saturated rings. The number of nitrogens with zero attached hydrogens (tertiary/aromatic N) is 4. The van der Waals surface area contributed by atoms with Crippen LogP contribution in [0.2, 0.25) is 0 Å². The van der Waals surface area contributed by atoms with Gasteiger partial charge in [0.1, 0.15) is 17.2 Å². The number of amides is 1. The van der Waals surface area contributed by atoms with Crippen LogP contribution in [0.25, 0.3) is 16.9 Å². The molecule has 1 N–H and O–H groups in total. The number of aryl methyl sites for hydroxylation is 2. The fourth-order valence-electron chi connectivity index (χ4n) is 3.33. The van der Waals surface area contributed by atoms with Crippen molar-refractivity contribution in [2.45, 2.75) is 13.8 Å². The fourth-order valence-corrected chi connectivity index (χ4v) is 3.33. The number of hydrogen-bond donors (Lipinski definition) is 1. The van der Waals surface area contributed by atoms with Crippen molar-refractivity contribution in [3.05, 3.63) is 77.7 Å². The molecular formula is C24H23N5O3. The molecular weight excluding hydrogens is 406 g/mol. The van der Waals surface area contributed by atoms with E-state index in [0.29, 0.717) is 22.9 Å². The molecule has 0 atom stereocenters. The Labute approximate surface area is 185 Å². The highest BCUT2D eigenvalue weighted by Crippen LogP contribution is 2.31. The van der Waals surface area contributed by atoms with E-state index in [9.17, 15) is 4.79 Å².